The molecule has 14 heavy (non-hydrogen) atoms. The molecule has 1 unspecified atom stereocenters. The smallest absolute Gasteiger partial charge is 0.288 e. The van der Waals surface area contributed by atoms with Crippen LogP contribution in [0.2, 0.25) is 0 Å². The van der Waals surface area contributed by atoms with Crippen LogP contribution in [0.25, 0.3) is 0 Å². The van der Waals surface area contributed by atoms with Gasteiger partial charge >= 0.3 is 0 Å². The molecule has 0 saturated heterocycles. The first-order chi connectivity index (χ1) is 6.59. The molecule has 78 valence electrons. The number of hydrogen-bond donors (Lipinski definition) is 2. The third-order valence-corrected chi connectivity index (χ3v) is 1.83. The summed E-state index contributed by atoms with van der Waals surface area (Å²) in [7, 11) is 0. The largest absolute Gasteiger partial charge is 0.347 e. The molecule has 1 rings (SSSR count). The minimum atomic E-state index is -0.198. The maximum absolute atomic E-state index is 11.5. The normalized spacial score (nSPS) is 12.9. The van der Waals surface area contributed by atoms with Crippen LogP contribution >= 0.6 is 0 Å². The summed E-state index contributed by atoms with van der Waals surface area (Å²) in [6.45, 7) is 6.22. The van der Waals surface area contributed by atoms with E-state index in [-0.39, 0.29) is 17.8 Å². The van der Waals surface area contributed by atoms with E-state index >= 15 is 0 Å². The third kappa shape index (κ3) is 3.16. The first-order valence-corrected chi connectivity index (χ1v) is 4.75. The molecular formula is C9H16N4O. The lowest BCUT2D eigenvalue weighted by atomic mass is 10.1. The number of carbonyl (C=O) groups excluding carboxylic acids is 1. The number of aromatic nitrogens is 3. The standard InChI is InChI=1S/C9H16N4O/c1-6(2)4-7(3)12-9(14)8-10-5-11-13-8/h5-7H,4H2,1-3H3,(H,12,14)(H,10,11,13). The Kier molecular flexibility index (Phi) is 3.62. The van der Waals surface area contributed by atoms with Crippen LogP contribution in [-0.2, 0) is 0 Å². The van der Waals surface area contributed by atoms with E-state index in [0.717, 1.165) is 6.42 Å². The van der Waals surface area contributed by atoms with Gasteiger partial charge in [-0.1, -0.05) is 13.8 Å². The summed E-state index contributed by atoms with van der Waals surface area (Å²) in [5, 5.41) is 8.98. The molecule has 1 aromatic rings. The van der Waals surface area contributed by atoms with E-state index in [1.165, 1.54) is 6.33 Å². The van der Waals surface area contributed by atoms with Crippen LogP contribution in [0.3, 0.4) is 0 Å². The quantitative estimate of drug-likeness (QED) is 0.753. The molecule has 0 bridgehead atoms. The molecule has 0 fully saturated rings. The first-order valence-electron chi connectivity index (χ1n) is 4.75. The Hall–Kier alpha value is -1.39. The van der Waals surface area contributed by atoms with E-state index in [4.69, 9.17) is 0 Å². The highest BCUT2D eigenvalue weighted by molar-refractivity contribution is 5.90. The van der Waals surface area contributed by atoms with Crippen molar-refractivity contribution in [2.24, 2.45) is 5.92 Å². The van der Waals surface area contributed by atoms with Crippen LogP contribution in [0.5, 0.6) is 0 Å². The van der Waals surface area contributed by atoms with Gasteiger partial charge in [-0.15, -0.1) is 0 Å². The van der Waals surface area contributed by atoms with Gasteiger partial charge in [0, 0.05) is 6.04 Å². The van der Waals surface area contributed by atoms with Gasteiger partial charge in [-0.2, -0.15) is 5.10 Å². The van der Waals surface area contributed by atoms with Gasteiger partial charge in [-0.3, -0.25) is 9.89 Å². The predicted octanol–water partition coefficient (Wildman–Crippen LogP) is 0.969. The fourth-order valence-electron chi connectivity index (χ4n) is 1.37. The van der Waals surface area contributed by atoms with Crippen LogP contribution in [0.15, 0.2) is 6.33 Å². The van der Waals surface area contributed by atoms with Gasteiger partial charge < -0.3 is 5.32 Å². The Bertz CT molecular complexity index is 281. The van der Waals surface area contributed by atoms with Crippen LogP contribution in [0.4, 0.5) is 0 Å². The van der Waals surface area contributed by atoms with E-state index in [1.807, 2.05) is 6.92 Å². The molecule has 2 N–H and O–H groups in total. The molecule has 0 aliphatic rings. The van der Waals surface area contributed by atoms with Crippen molar-refractivity contribution in [3.8, 4) is 0 Å². The van der Waals surface area contributed by atoms with Crippen LogP contribution in [0.1, 0.15) is 37.8 Å². The topological polar surface area (TPSA) is 70.7 Å². The molecule has 0 aliphatic heterocycles. The van der Waals surface area contributed by atoms with Crippen molar-refractivity contribution < 1.29 is 4.79 Å². The molecule has 0 radical (unpaired) electrons. The van der Waals surface area contributed by atoms with Crippen molar-refractivity contribution in [3.63, 3.8) is 0 Å². The first kappa shape index (κ1) is 10.7. The zero-order chi connectivity index (χ0) is 10.6. The molecule has 5 nitrogen and oxygen atoms in total. The summed E-state index contributed by atoms with van der Waals surface area (Å²) in [6.07, 6.45) is 2.28. The summed E-state index contributed by atoms with van der Waals surface area (Å²) in [4.78, 5) is 15.2. The number of hydrogen-bond acceptors (Lipinski definition) is 3. The average Bonchev–Trinajstić information content (AvgIpc) is 2.53. The number of rotatable bonds is 4. The van der Waals surface area contributed by atoms with Gasteiger partial charge in [0.15, 0.2) is 0 Å². The highest BCUT2D eigenvalue weighted by Gasteiger charge is 2.12. The van der Waals surface area contributed by atoms with Gasteiger partial charge in [-0.05, 0) is 19.3 Å². The summed E-state index contributed by atoms with van der Waals surface area (Å²) in [5.74, 6) is 0.635. The predicted molar refractivity (Wildman–Crippen MR) is 52.8 cm³/mol. The van der Waals surface area contributed by atoms with Crippen molar-refractivity contribution in [2.75, 3.05) is 0 Å². The zero-order valence-electron chi connectivity index (χ0n) is 8.74. The van der Waals surface area contributed by atoms with E-state index in [0.29, 0.717) is 5.92 Å². The van der Waals surface area contributed by atoms with Crippen molar-refractivity contribution in [1.82, 2.24) is 20.5 Å². The Morgan fingerprint density at radius 3 is 2.79 bits per heavy atom. The van der Waals surface area contributed by atoms with Gasteiger partial charge in [0.1, 0.15) is 6.33 Å². The lowest BCUT2D eigenvalue weighted by Crippen LogP contribution is -2.34. The average molecular weight is 196 g/mol. The molecule has 1 aromatic heterocycles. The van der Waals surface area contributed by atoms with Crippen molar-refractivity contribution >= 4 is 5.91 Å². The zero-order valence-corrected chi connectivity index (χ0v) is 8.74. The van der Waals surface area contributed by atoms with Crippen LogP contribution in [0, 0.1) is 5.92 Å². The number of aromatic amines is 1. The minimum absolute atomic E-state index is 0.160. The fourth-order valence-corrected chi connectivity index (χ4v) is 1.37. The number of nitrogens with zero attached hydrogens (tertiary/aromatic N) is 2. The molecule has 0 spiro atoms. The minimum Gasteiger partial charge on any atom is -0.347 e. The van der Waals surface area contributed by atoms with Gasteiger partial charge in [0.05, 0.1) is 0 Å². The van der Waals surface area contributed by atoms with E-state index < -0.39 is 0 Å². The van der Waals surface area contributed by atoms with Gasteiger partial charge in [0.25, 0.3) is 5.91 Å². The molecule has 0 saturated carbocycles. The highest BCUT2D eigenvalue weighted by Crippen LogP contribution is 2.03. The number of nitrogens with one attached hydrogen (secondary N) is 2. The van der Waals surface area contributed by atoms with E-state index in [1.54, 1.807) is 0 Å². The fraction of sp³-hybridized carbons (Fsp3) is 0.667. The Morgan fingerprint density at radius 2 is 2.29 bits per heavy atom. The lowest BCUT2D eigenvalue weighted by molar-refractivity contribution is 0.0926. The monoisotopic (exact) mass is 196 g/mol. The van der Waals surface area contributed by atoms with Crippen molar-refractivity contribution in [3.05, 3.63) is 12.2 Å². The Balaban J connectivity index is 2.41. The van der Waals surface area contributed by atoms with Crippen molar-refractivity contribution in [1.29, 1.82) is 0 Å². The highest BCUT2D eigenvalue weighted by atomic mass is 16.2. The van der Waals surface area contributed by atoms with Gasteiger partial charge in [0.2, 0.25) is 5.82 Å². The summed E-state index contributed by atoms with van der Waals surface area (Å²) in [5.41, 5.74) is 0. The maximum Gasteiger partial charge on any atom is 0.288 e. The Morgan fingerprint density at radius 1 is 1.57 bits per heavy atom. The summed E-state index contributed by atoms with van der Waals surface area (Å²) < 4.78 is 0. The molecule has 5 heteroatoms. The summed E-state index contributed by atoms with van der Waals surface area (Å²) in [6, 6.07) is 0.160. The molecule has 0 aliphatic carbocycles. The number of H-pyrrole nitrogens is 1. The van der Waals surface area contributed by atoms with Crippen LogP contribution < -0.4 is 5.32 Å². The lowest BCUT2D eigenvalue weighted by Gasteiger charge is -2.14. The van der Waals surface area contributed by atoms with E-state index in [2.05, 4.69) is 34.3 Å². The van der Waals surface area contributed by atoms with E-state index in [9.17, 15) is 4.79 Å². The molecule has 0 aromatic carbocycles. The Labute approximate surface area is 83.3 Å². The number of carbonyl (C=O) groups is 1. The van der Waals surface area contributed by atoms with Crippen molar-refractivity contribution in [2.45, 2.75) is 33.2 Å². The second-order valence-corrected chi connectivity index (χ2v) is 3.84. The molecule has 1 amide bonds. The summed E-state index contributed by atoms with van der Waals surface area (Å²) >= 11 is 0. The maximum atomic E-state index is 11.5. The molecule has 1 heterocycles. The molecule has 1 atom stereocenters. The second-order valence-electron chi connectivity index (χ2n) is 3.84. The SMILES string of the molecule is CC(C)CC(C)NC(=O)c1ncn[nH]1. The third-order valence-electron chi connectivity index (χ3n) is 1.83. The number of amides is 1. The van der Waals surface area contributed by atoms with Crippen LogP contribution in [-0.4, -0.2) is 27.1 Å². The second kappa shape index (κ2) is 4.74. The molecular weight excluding hydrogens is 180 g/mol. The van der Waals surface area contributed by atoms with Gasteiger partial charge in [-0.25, -0.2) is 4.98 Å².